The number of hydrogen-bond acceptors (Lipinski definition) is 4. The van der Waals surface area contributed by atoms with Gasteiger partial charge in [0.1, 0.15) is 5.75 Å². The number of ether oxygens (including phenoxy) is 1. The van der Waals surface area contributed by atoms with E-state index >= 15 is 0 Å². The highest BCUT2D eigenvalue weighted by molar-refractivity contribution is 5.98. The Bertz CT molecular complexity index is 656. The van der Waals surface area contributed by atoms with Crippen LogP contribution in [0.25, 0.3) is 0 Å². The first-order valence-electron chi connectivity index (χ1n) is 12.3. The minimum Gasteiger partial charge on any atom is -0.491 e. The fraction of sp³-hybridized carbons (Fsp3) is 0.720. The van der Waals surface area contributed by atoms with E-state index in [-0.39, 0.29) is 11.4 Å². The third-order valence-corrected chi connectivity index (χ3v) is 5.55. The fourth-order valence-corrected chi connectivity index (χ4v) is 3.66. The molecule has 0 saturated heterocycles. The number of aliphatic hydroxyl groups excluding tert-OH is 1. The number of anilines is 1. The lowest BCUT2D eigenvalue weighted by Gasteiger charge is -2.27. The van der Waals surface area contributed by atoms with Crippen molar-refractivity contribution in [3.05, 3.63) is 24.3 Å². The number of carbonyl (C=O) groups is 1. The van der Waals surface area contributed by atoms with E-state index in [0.29, 0.717) is 11.5 Å². The molecule has 0 bridgehead atoms. The van der Waals surface area contributed by atoms with Crippen molar-refractivity contribution >= 4 is 11.6 Å². The summed E-state index contributed by atoms with van der Waals surface area (Å²) in [5.74, 6) is -1.84. The summed E-state index contributed by atoms with van der Waals surface area (Å²) in [7, 11) is 0. The van der Waals surface area contributed by atoms with E-state index in [2.05, 4.69) is 6.92 Å². The summed E-state index contributed by atoms with van der Waals surface area (Å²) < 4.78 is 45.0. The van der Waals surface area contributed by atoms with E-state index in [4.69, 9.17) is 15.6 Å². The number of para-hydroxylation sites is 2. The van der Waals surface area contributed by atoms with Crippen LogP contribution >= 0.6 is 0 Å². The number of amides is 1. The molecule has 0 aliphatic carbocycles. The van der Waals surface area contributed by atoms with Crippen molar-refractivity contribution in [1.82, 2.24) is 0 Å². The molecule has 1 atom stereocenters. The maximum absolute atomic E-state index is 13.1. The van der Waals surface area contributed by atoms with E-state index in [1.54, 1.807) is 6.07 Å². The quantitative estimate of drug-likeness (QED) is 0.257. The van der Waals surface area contributed by atoms with Gasteiger partial charge in [-0.3, -0.25) is 9.69 Å². The molecule has 0 aromatic heterocycles. The molecule has 3 N–H and O–H groups in total. The van der Waals surface area contributed by atoms with Crippen LogP contribution in [0.1, 0.15) is 84.0 Å². The van der Waals surface area contributed by atoms with Crippen molar-refractivity contribution in [2.24, 2.45) is 5.73 Å². The van der Waals surface area contributed by atoms with Gasteiger partial charge in [-0.2, -0.15) is 13.2 Å². The van der Waals surface area contributed by atoms with Crippen molar-refractivity contribution in [2.45, 2.75) is 96.2 Å². The Labute approximate surface area is 196 Å². The first-order chi connectivity index (χ1) is 15.8. The average molecular weight is 475 g/mol. The number of hydrogen-bond donors (Lipinski definition) is 2. The normalized spacial score (nSPS) is 12.5. The standard InChI is InChI=1S/C25H41F3N2O3/c1-2-3-4-5-6-7-8-9-10-11-12-15-18-33-23-17-14-13-16-22(23)30(19-21(29)20-31)24(32)25(26,27)28/h13-14,16-17,21,31H,2-12,15,18-20,29H2,1H3. The number of rotatable bonds is 18. The maximum Gasteiger partial charge on any atom is 0.471 e. The van der Waals surface area contributed by atoms with Crippen LogP contribution in [0.15, 0.2) is 24.3 Å². The molecule has 5 nitrogen and oxygen atoms in total. The van der Waals surface area contributed by atoms with Gasteiger partial charge >= 0.3 is 12.1 Å². The molecule has 0 heterocycles. The van der Waals surface area contributed by atoms with E-state index in [9.17, 15) is 18.0 Å². The van der Waals surface area contributed by atoms with Gasteiger partial charge in [-0.05, 0) is 18.6 Å². The monoisotopic (exact) mass is 474 g/mol. The van der Waals surface area contributed by atoms with E-state index in [0.717, 1.165) is 19.3 Å². The molecule has 0 aliphatic rings. The van der Waals surface area contributed by atoms with Crippen LogP contribution in [0.5, 0.6) is 5.75 Å². The van der Waals surface area contributed by atoms with Gasteiger partial charge in [-0.15, -0.1) is 0 Å². The number of halogens is 3. The molecular weight excluding hydrogens is 433 g/mol. The molecule has 1 amide bonds. The molecule has 190 valence electrons. The van der Waals surface area contributed by atoms with E-state index < -0.39 is 31.3 Å². The topological polar surface area (TPSA) is 75.8 Å². The summed E-state index contributed by atoms with van der Waals surface area (Å²) in [4.78, 5) is 12.5. The Kier molecular flexibility index (Phi) is 14.8. The van der Waals surface area contributed by atoms with Crippen molar-refractivity contribution in [2.75, 3.05) is 24.7 Å². The molecule has 0 spiro atoms. The largest absolute Gasteiger partial charge is 0.491 e. The highest BCUT2D eigenvalue weighted by Crippen LogP contribution is 2.32. The highest BCUT2D eigenvalue weighted by atomic mass is 19.4. The zero-order valence-corrected chi connectivity index (χ0v) is 19.9. The van der Waals surface area contributed by atoms with E-state index in [1.807, 2.05) is 0 Å². The van der Waals surface area contributed by atoms with Gasteiger partial charge in [-0.1, -0.05) is 89.7 Å². The van der Waals surface area contributed by atoms with Crippen LogP contribution in [0, 0.1) is 0 Å². The lowest BCUT2D eigenvalue weighted by Crippen LogP contribution is -2.48. The van der Waals surface area contributed by atoms with E-state index in [1.165, 1.54) is 76.0 Å². The van der Waals surface area contributed by atoms with Crippen LogP contribution < -0.4 is 15.4 Å². The zero-order chi connectivity index (χ0) is 24.5. The van der Waals surface area contributed by atoms with Gasteiger partial charge < -0.3 is 15.6 Å². The summed E-state index contributed by atoms with van der Waals surface area (Å²) in [6.45, 7) is 1.58. The van der Waals surface area contributed by atoms with Crippen LogP contribution in [-0.2, 0) is 4.79 Å². The fourth-order valence-electron chi connectivity index (χ4n) is 3.66. The minimum absolute atomic E-state index is 0.00246. The summed E-state index contributed by atoms with van der Waals surface area (Å²) in [5, 5.41) is 9.14. The van der Waals surface area contributed by atoms with Crippen molar-refractivity contribution in [3.63, 3.8) is 0 Å². The number of carbonyl (C=O) groups excluding carboxylic acids is 1. The van der Waals surface area contributed by atoms with Crippen molar-refractivity contribution < 1.29 is 27.8 Å². The molecule has 1 rings (SSSR count). The van der Waals surface area contributed by atoms with Crippen LogP contribution in [0.3, 0.4) is 0 Å². The maximum atomic E-state index is 13.1. The molecule has 0 radical (unpaired) electrons. The first kappa shape index (κ1) is 29.2. The van der Waals surface area contributed by atoms with Crippen LogP contribution in [0.2, 0.25) is 0 Å². The van der Waals surface area contributed by atoms with Gasteiger partial charge in [0.15, 0.2) is 0 Å². The number of nitrogens with zero attached hydrogens (tertiary/aromatic N) is 1. The second-order valence-electron chi connectivity index (χ2n) is 8.56. The van der Waals surface area contributed by atoms with Crippen molar-refractivity contribution in [1.29, 1.82) is 0 Å². The number of benzene rings is 1. The molecule has 0 fully saturated rings. The predicted octanol–water partition coefficient (Wildman–Crippen LogP) is 5.98. The molecule has 8 heteroatoms. The summed E-state index contributed by atoms with van der Waals surface area (Å²) in [6.07, 6.45) is 9.42. The lowest BCUT2D eigenvalue weighted by atomic mass is 10.1. The Morgan fingerprint density at radius 2 is 1.48 bits per heavy atom. The van der Waals surface area contributed by atoms with Gasteiger partial charge in [0.2, 0.25) is 0 Å². The summed E-state index contributed by atoms with van der Waals surface area (Å²) in [6, 6.07) is 5.11. The molecule has 0 aliphatic heterocycles. The molecule has 33 heavy (non-hydrogen) atoms. The smallest absolute Gasteiger partial charge is 0.471 e. The van der Waals surface area contributed by atoms with Gasteiger partial charge in [0.25, 0.3) is 0 Å². The Balaban J connectivity index is 2.43. The third kappa shape index (κ3) is 12.3. The number of aliphatic hydroxyl groups is 1. The number of unbranched alkanes of at least 4 members (excludes halogenated alkanes) is 11. The lowest BCUT2D eigenvalue weighted by molar-refractivity contribution is -0.170. The Morgan fingerprint density at radius 1 is 0.970 bits per heavy atom. The number of nitrogens with two attached hydrogens (primary N) is 1. The molecule has 0 saturated carbocycles. The van der Waals surface area contributed by atoms with Gasteiger partial charge in [-0.25, -0.2) is 0 Å². The molecule has 1 aromatic rings. The first-order valence-corrected chi connectivity index (χ1v) is 12.3. The third-order valence-electron chi connectivity index (χ3n) is 5.55. The number of alkyl halides is 3. The van der Waals surface area contributed by atoms with Crippen LogP contribution in [-0.4, -0.2) is 43.0 Å². The second kappa shape index (κ2) is 16.8. The highest BCUT2D eigenvalue weighted by Gasteiger charge is 2.44. The van der Waals surface area contributed by atoms with Gasteiger partial charge in [0.05, 0.1) is 18.9 Å². The minimum atomic E-state index is -5.06. The molecule has 1 aromatic carbocycles. The van der Waals surface area contributed by atoms with Gasteiger partial charge in [0, 0.05) is 12.6 Å². The molecular formula is C25H41F3N2O3. The molecule has 1 unspecified atom stereocenters. The summed E-state index contributed by atoms with van der Waals surface area (Å²) in [5.41, 5.74) is 5.62. The van der Waals surface area contributed by atoms with Crippen molar-refractivity contribution in [3.8, 4) is 5.75 Å². The second-order valence-corrected chi connectivity index (χ2v) is 8.56. The zero-order valence-electron chi connectivity index (χ0n) is 19.9. The van der Waals surface area contributed by atoms with Crippen LogP contribution in [0.4, 0.5) is 18.9 Å². The predicted molar refractivity (Wildman–Crippen MR) is 126 cm³/mol. The average Bonchev–Trinajstić information content (AvgIpc) is 2.79. The SMILES string of the molecule is CCCCCCCCCCCCCCOc1ccccc1N(CC(N)CO)C(=O)C(F)(F)F. The summed E-state index contributed by atoms with van der Waals surface area (Å²) >= 11 is 0. The Morgan fingerprint density at radius 3 is 2.00 bits per heavy atom. The Hall–Kier alpha value is -1.80.